The van der Waals surface area contributed by atoms with Crippen molar-refractivity contribution in [3.05, 3.63) is 29.3 Å². The summed E-state index contributed by atoms with van der Waals surface area (Å²) in [5.41, 5.74) is 2.54. The second-order valence-electron chi connectivity index (χ2n) is 6.30. The van der Waals surface area contributed by atoms with Crippen molar-refractivity contribution in [3.8, 4) is 0 Å². The van der Waals surface area contributed by atoms with Crippen molar-refractivity contribution < 1.29 is 14.7 Å². The first-order valence-corrected chi connectivity index (χ1v) is 6.75. The molecule has 0 spiro atoms. The van der Waals surface area contributed by atoms with Crippen molar-refractivity contribution >= 4 is 17.6 Å². The third kappa shape index (κ3) is 2.19. The number of hydrogen-bond acceptors (Lipinski definition) is 2. The van der Waals surface area contributed by atoms with Crippen LogP contribution in [0.1, 0.15) is 25.0 Å². The van der Waals surface area contributed by atoms with Gasteiger partial charge in [0.2, 0.25) is 5.91 Å². The molecule has 0 aromatic heterocycles. The molecule has 1 fully saturated rings. The third-order valence-electron chi connectivity index (χ3n) is 4.40. The highest BCUT2D eigenvalue weighted by molar-refractivity contribution is 6.01. The molecule has 4 nitrogen and oxygen atoms in total. The van der Waals surface area contributed by atoms with E-state index in [2.05, 4.69) is 0 Å². The number of nitrogens with zero attached hydrogens (tertiary/aromatic N) is 1. The average Bonchev–Trinajstić information content (AvgIpc) is 2.90. The molecular formula is C16H21NO3. The number of carbonyl (C=O) groups is 2. The number of carbonyl (C=O) groups excluding carboxylic acids is 1. The summed E-state index contributed by atoms with van der Waals surface area (Å²) in [7, 11) is 1.72. The molecule has 0 saturated heterocycles. The second-order valence-corrected chi connectivity index (χ2v) is 6.30. The lowest BCUT2D eigenvalue weighted by Gasteiger charge is -2.20. The van der Waals surface area contributed by atoms with Gasteiger partial charge in [-0.15, -0.1) is 0 Å². The van der Waals surface area contributed by atoms with Crippen LogP contribution in [0.4, 0.5) is 5.69 Å². The van der Waals surface area contributed by atoms with Crippen LogP contribution in [0, 0.1) is 31.1 Å². The van der Waals surface area contributed by atoms with E-state index in [0.717, 1.165) is 16.8 Å². The summed E-state index contributed by atoms with van der Waals surface area (Å²) < 4.78 is 0. The number of amides is 1. The van der Waals surface area contributed by atoms with Gasteiger partial charge in [-0.1, -0.05) is 31.5 Å². The molecule has 0 unspecified atom stereocenters. The van der Waals surface area contributed by atoms with E-state index in [9.17, 15) is 14.7 Å². The van der Waals surface area contributed by atoms with Crippen LogP contribution in [0.2, 0.25) is 0 Å². The number of rotatable bonds is 3. The minimum Gasteiger partial charge on any atom is -0.481 e. The van der Waals surface area contributed by atoms with Gasteiger partial charge in [0.05, 0.1) is 11.8 Å². The summed E-state index contributed by atoms with van der Waals surface area (Å²) in [5, 5.41) is 9.18. The molecule has 0 aliphatic heterocycles. The van der Waals surface area contributed by atoms with Crippen molar-refractivity contribution in [2.45, 2.75) is 27.7 Å². The van der Waals surface area contributed by atoms with Crippen LogP contribution in [0.25, 0.3) is 0 Å². The normalized spacial score (nSPS) is 23.2. The van der Waals surface area contributed by atoms with Crippen molar-refractivity contribution in [2.24, 2.45) is 17.3 Å². The minimum atomic E-state index is -0.887. The lowest BCUT2D eigenvalue weighted by Crippen LogP contribution is -2.30. The van der Waals surface area contributed by atoms with Gasteiger partial charge >= 0.3 is 5.97 Å². The molecule has 1 aliphatic carbocycles. The molecule has 0 bridgehead atoms. The summed E-state index contributed by atoms with van der Waals surface area (Å²) in [5.74, 6) is -2.02. The molecule has 1 N–H and O–H groups in total. The molecule has 1 saturated carbocycles. The van der Waals surface area contributed by atoms with Crippen LogP contribution in [-0.4, -0.2) is 24.0 Å². The zero-order chi connectivity index (χ0) is 15.2. The molecule has 0 heterocycles. The Morgan fingerprint density at radius 1 is 1.20 bits per heavy atom. The van der Waals surface area contributed by atoms with Gasteiger partial charge in [-0.2, -0.15) is 0 Å². The Morgan fingerprint density at radius 3 is 2.25 bits per heavy atom. The molecular weight excluding hydrogens is 254 g/mol. The maximum absolute atomic E-state index is 12.5. The van der Waals surface area contributed by atoms with Gasteiger partial charge in [0.25, 0.3) is 0 Å². The van der Waals surface area contributed by atoms with Crippen molar-refractivity contribution in [2.75, 3.05) is 11.9 Å². The van der Waals surface area contributed by atoms with Gasteiger partial charge < -0.3 is 10.0 Å². The quantitative estimate of drug-likeness (QED) is 0.922. The predicted octanol–water partition coefficient (Wildman–Crippen LogP) is 2.62. The summed E-state index contributed by atoms with van der Waals surface area (Å²) in [4.78, 5) is 25.3. The standard InChI is InChI=1S/C16H21NO3/c1-9-6-7-11(10(2)8-9)17(5)14(18)12-13(15(19)20)16(12,3)4/h6-8,12-13H,1-5H3,(H,19,20)/t12-,13+/m1/s1. The largest absolute Gasteiger partial charge is 0.481 e. The lowest BCUT2D eigenvalue weighted by atomic mass is 10.1. The third-order valence-corrected chi connectivity index (χ3v) is 4.40. The Labute approximate surface area is 119 Å². The zero-order valence-electron chi connectivity index (χ0n) is 12.6. The molecule has 1 aliphatic rings. The number of anilines is 1. The molecule has 20 heavy (non-hydrogen) atoms. The maximum atomic E-state index is 12.5. The highest BCUT2D eigenvalue weighted by Gasteiger charge is 2.66. The average molecular weight is 275 g/mol. The zero-order valence-corrected chi connectivity index (χ0v) is 12.6. The van der Waals surface area contributed by atoms with E-state index in [0.29, 0.717) is 0 Å². The molecule has 108 valence electrons. The summed E-state index contributed by atoms with van der Waals surface area (Å²) in [6, 6.07) is 5.89. The van der Waals surface area contributed by atoms with Gasteiger partial charge in [0.1, 0.15) is 0 Å². The van der Waals surface area contributed by atoms with E-state index in [1.807, 2.05) is 45.9 Å². The molecule has 2 rings (SSSR count). The van der Waals surface area contributed by atoms with E-state index in [1.165, 1.54) is 0 Å². The number of aliphatic carboxylic acids is 1. The van der Waals surface area contributed by atoms with Crippen LogP contribution in [-0.2, 0) is 9.59 Å². The van der Waals surface area contributed by atoms with Gasteiger partial charge in [-0.05, 0) is 30.9 Å². The van der Waals surface area contributed by atoms with Crippen molar-refractivity contribution in [1.82, 2.24) is 0 Å². The molecule has 0 radical (unpaired) electrons. The van der Waals surface area contributed by atoms with Crippen molar-refractivity contribution in [3.63, 3.8) is 0 Å². The fourth-order valence-corrected chi connectivity index (χ4v) is 3.07. The highest BCUT2D eigenvalue weighted by Crippen LogP contribution is 2.59. The first-order valence-electron chi connectivity index (χ1n) is 6.75. The maximum Gasteiger partial charge on any atom is 0.307 e. The Balaban J connectivity index is 2.24. The second kappa shape index (κ2) is 4.62. The minimum absolute atomic E-state index is 0.116. The highest BCUT2D eigenvalue weighted by atomic mass is 16.4. The topological polar surface area (TPSA) is 57.6 Å². The Hall–Kier alpha value is -1.84. The number of carboxylic acid groups (broad SMARTS) is 1. The van der Waals surface area contributed by atoms with Gasteiger partial charge in [-0.3, -0.25) is 9.59 Å². The predicted molar refractivity (Wildman–Crippen MR) is 77.7 cm³/mol. The van der Waals surface area contributed by atoms with Gasteiger partial charge in [-0.25, -0.2) is 0 Å². The van der Waals surface area contributed by atoms with Gasteiger partial charge in [0.15, 0.2) is 0 Å². The van der Waals surface area contributed by atoms with Crippen LogP contribution >= 0.6 is 0 Å². The molecule has 1 amide bonds. The fraction of sp³-hybridized carbons (Fsp3) is 0.500. The van der Waals surface area contributed by atoms with E-state index >= 15 is 0 Å². The van der Waals surface area contributed by atoms with E-state index < -0.39 is 23.2 Å². The number of aryl methyl sites for hydroxylation is 2. The van der Waals surface area contributed by atoms with E-state index in [4.69, 9.17) is 0 Å². The van der Waals surface area contributed by atoms with E-state index in [-0.39, 0.29) is 5.91 Å². The molecule has 4 heteroatoms. The Morgan fingerprint density at radius 2 is 1.80 bits per heavy atom. The molecule has 2 atom stereocenters. The Kier molecular flexibility index (Phi) is 3.36. The fourth-order valence-electron chi connectivity index (χ4n) is 3.07. The molecule has 1 aromatic rings. The smallest absolute Gasteiger partial charge is 0.307 e. The van der Waals surface area contributed by atoms with Crippen LogP contribution < -0.4 is 4.90 Å². The lowest BCUT2D eigenvalue weighted by molar-refractivity contribution is -0.140. The van der Waals surface area contributed by atoms with Crippen LogP contribution in [0.15, 0.2) is 18.2 Å². The molecule has 1 aromatic carbocycles. The van der Waals surface area contributed by atoms with Crippen LogP contribution in [0.5, 0.6) is 0 Å². The van der Waals surface area contributed by atoms with E-state index in [1.54, 1.807) is 11.9 Å². The number of benzene rings is 1. The monoisotopic (exact) mass is 275 g/mol. The summed E-state index contributed by atoms with van der Waals surface area (Å²) >= 11 is 0. The van der Waals surface area contributed by atoms with Crippen molar-refractivity contribution in [1.29, 1.82) is 0 Å². The SMILES string of the molecule is Cc1ccc(N(C)C(=O)[C@H]2[C@@H](C(=O)O)C2(C)C)c(C)c1. The summed E-state index contributed by atoms with van der Waals surface area (Å²) in [6.07, 6.45) is 0. The van der Waals surface area contributed by atoms with Gasteiger partial charge in [0, 0.05) is 12.7 Å². The first kappa shape index (κ1) is 14.6. The number of hydrogen-bond donors (Lipinski definition) is 1. The number of carboxylic acids is 1. The first-order chi connectivity index (χ1) is 9.17. The Bertz CT molecular complexity index is 577. The summed E-state index contributed by atoms with van der Waals surface area (Å²) in [6.45, 7) is 7.64. The van der Waals surface area contributed by atoms with Crippen LogP contribution in [0.3, 0.4) is 0 Å².